The van der Waals surface area contributed by atoms with Gasteiger partial charge >= 0.3 is 0 Å². The third-order valence-electron chi connectivity index (χ3n) is 4.63. The molecule has 1 aromatic carbocycles. The Hall–Kier alpha value is -1.69. The molecule has 2 atom stereocenters. The third kappa shape index (κ3) is 2.16. The number of hydrogen-bond acceptors (Lipinski definition) is 3. The second kappa shape index (κ2) is 5.13. The first-order valence-electron chi connectivity index (χ1n) is 7.18. The van der Waals surface area contributed by atoms with Crippen molar-refractivity contribution in [3.63, 3.8) is 0 Å². The van der Waals surface area contributed by atoms with Crippen LogP contribution in [0.2, 0.25) is 0 Å². The summed E-state index contributed by atoms with van der Waals surface area (Å²) in [5.74, 6) is 1.67. The normalized spacial score (nSPS) is 25.8. The summed E-state index contributed by atoms with van der Waals surface area (Å²) in [5, 5.41) is 9.34. The number of nitriles is 1. The van der Waals surface area contributed by atoms with Crippen molar-refractivity contribution >= 4 is 5.69 Å². The SMILES string of the molecule is COc1ccc(C#N)c(N2CCCC3CCCC32)c1. The molecule has 3 heteroatoms. The Labute approximate surface area is 114 Å². The second-order valence-corrected chi connectivity index (χ2v) is 5.59. The maximum atomic E-state index is 9.34. The van der Waals surface area contributed by atoms with Crippen LogP contribution in [0.3, 0.4) is 0 Å². The predicted molar refractivity (Wildman–Crippen MR) is 75.4 cm³/mol. The Bertz CT molecular complexity index is 506. The van der Waals surface area contributed by atoms with Gasteiger partial charge in [-0.3, -0.25) is 0 Å². The zero-order valence-electron chi connectivity index (χ0n) is 11.4. The number of anilines is 1. The van der Waals surface area contributed by atoms with Gasteiger partial charge in [0.05, 0.1) is 18.4 Å². The number of nitrogens with zero attached hydrogens (tertiary/aromatic N) is 2. The summed E-state index contributed by atoms with van der Waals surface area (Å²) in [4.78, 5) is 2.46. The van der Waals surface area contributed by atoms with Gasteiger partial charge < -0.3 is 9.64 Å². The van der Waals surface area contributed by atoms with E-state index < -0.39 is 0 Å². The van der Waals surface area contributed by atoms with Crippen LogP contribution < -0.4 is 9.64 Å². The molecule has 1 heterocycles. The summed E-state index contributed by atoms with van der Waals surface area (Å²) in [6, 6.07) is 8.74. The molecule has 2 aliphatic rings. The van der Waals surface area contributed by atoms with Crippen LogP contribution in [0.4, 0.5) is 5.69 Å². The Morgan fingerprint density at radius 3 is 2.89 bits per heavy atom. The molecule has 3 rings (SSSR count). The van der Waals surface area contributed by atoms with Crippen LogP contribution >= 0.6 is 0 Å². The highest BCUT2D eigenvalue weighted by atomic mass is 16.5. The van der Waals surface area contributed by atoms with Gasteiger partial charge in [0.1, 0.15) is 11.8 Å². The van der Waals surface area contributed by atoms with E-state index in [1.807, 2.05) is 18.2 Å². The molecule has 19 heavy (non-hydrogen) atoms. The molecular weight excluding hydrogens is 236 g/mol. The maximum Gasteiger partial charge on any atom is 0.121 e. The van der Waals surface area contributed by atoms with Crippen LogP contribution in [-0.4, -0.2) is 19.7 Å². The van der Waals surface area contributed by atoms with Gasteiger partial charge in [-0.25, -0.2) is 0 Å². The van der Waals surface area contributed by atoms with E-state index in [4.69, 9.17) is 4.74 Å². The second-order valence-electron chi connectivity index (χ2n) is 5.59. The highest BCUT2D eigenvalue weighted by molar-refractivity contribution is 5.63. The van der Waals surface area contributed by atoms with Gasteiger partial charge in [-0.15, -0.1) is 0 Å². The molecule has 0 bridgehead atoms. The summed E-state index contributed by atoms with van der Waals surface area (Å²) in [5.41, 5.74) is 1.84. The van der Waals surface area contributed by atoms with Crippen LogP contribution in [0.5, 0.6) is 5.75 Å². The quantitative estimate of drug-likeness (QED) is 0.814. The van der Waals surface area contributed by atoms with Gasteiger partial charge in [0.2, 0.25) is 0 Å². The minimum absolute atomic E-state index is 0.632. The first-order chi connectivity index (χ1) is 9.33. The van der Waals surface area contributed by atoms with E-state index in [1.54, 1.807) is 7.11 Å². The molecule has 1 saturated heterocycles. The average molecular weight is 256 g/mol. The largest absolute Gasteiger partial charge is 0.497 e. The smallest absolute Gasteiger partial charge is 0.121 e. The van der Waals surface area contributed by atoms with Crippen molar-refractivity contribution in [1.29, 1.82) is 5.26 Å². The van der Waals surface area contributed by atoms with E-state index in [0.29, 0.717) is 6.04 Å². The van der Waals surface area contributed by atoms with Crippen molar-refractivity contribution in [2.24, 2.45) is 5.92 Å². The summed E-state index contributed by atoms with van der Waals surface area (Å²) in [6.07, 6.45) is 6.55. The molecule has 1 aliphatic heterocycles. The zero-order valence-corrected chi connectivity index (χ0v) is 11.4. The van der Waals surface area contributed by atoms with Gasteiger partial charge in [0.25, 0.3) is 0 Å². The number of fused-ring (bicyclic) bond motifs is 1. The summed E-state index contributed by atoms with van der Waals surface area (Å²) in [7, 11) is 1.68. The fourth-order valence-electron chi connectivity index (χ4n) is 3.72. The molecule has 2 unspecified atom stereocenters. The molecule has 100 valence electrons. The molecule has 1 saturated carbocycles. The molecule has 3 nitrogen and oxygen atoms in total. The monoisotopic (exact) mass is 256 g/mol. The molecule has 0 aromatic heterocycles. The van der Waals surface area contributed by atoms with Crippen LogP contribution in [0.15, 0.2) is 18.2 Å². The zero-order chi connectivity index (χ0) is 13.2. The van der Waals surface area contributed by atoms with Crippen LogP contribution in [0, 0.1) is 17.2 Å². The summed E-state index contributed by atoms with van der Waals surface area (Å²) >= 11 is 0. The van der Waals surface area contributed by atoms with Gasteiger partial charge in [-0.2, -0.15) is 5.26 Å². The Kier molecular flexibility index (Phi) is 3.33. The minimum atomic E-state index is 0.632. The number of methoxy groups -OCH3 is 1. The van der Waals surface area contributed by atoms with Crippen LogP contribution in [0.1, 0.15) is 37.7 Å². The van der Waals surface area contributed by atoms with Gasteiger partial charge in [0, 0.05) is 18.7 Å². The standard InChI is InChI=1S/C16H20N2O/c1-19-14-8-7-13(11-17)16(10-14)18-9-3-5-12-4-2-6-15(12)18/h7-8,10,12,15H,2-6,9H2,1H3. The molecule has 1 aliphatic carbocycles. The molecular formula is C16H20N2O. The van der Waals surface area contributed by atoms with Crippen molar-refractivity contribution in [1.82, 2.24) is 0 Å². The Morgan fingerprint density at radius 2 is 2.11 bits per heavy atom. The van der Waals surface area contributed by atoms with Gasteiger partial charge in [0.15, 0.2) is 0 Å². The lowest BCUT2D eigenvalue weighted by atomic mass is 9.91. The first kappa shape index (κ1) is 12.3. The highest BCUT2D eigenvalue weighted by Gasteiger charge is 2.35. The molecule has 1 aromatic rings. The predicted octanol–water partition coefficient (Wildman–Crippen LogP) is 3.34. The molecule has 0 spiro atoms. The third-order valence-corrected chi connectivity index (χ3v) is 4.63. The number of benzene rings is 1. The van der Waals surface area contributed by atoms with Gasteiger partial charge in [-0.1, -0.05) is 6.42 Å². The average Bonchev–Trinajstić information content (AvgIpc) is 2.94. The van der Waals surface area contributed by atoms with Crippen molar-refractivity contribution in [2.75, 3.05) is 18.6 Å². The van der Waals surface area contributed by atoms with Crippen molar-refractivity contribution in [2.45, 2.75) is 38.1 Å². The summed E-state index contributed by atoms with van der Waals surface area (Å²) < 4.78 is 5.32. The fourth-order valence-corrected chi connectivity index (χ4v) is 3.72. The lowest BCUT2D eigenvalue weighted by Gasteiger charge is -2.40. The van der Waals surface area contributed by atoms with E-state index in [-0.39, 0.29) is 0 Å². The molecule has 2 fully saturated rings. The summed E-state index contributed by atoms with van der Waals surface area (Å²) in [6.45, 7) is 1.07. The minimum Gasteiger partial charge on any atom is -0.497 e. The van der Waals surface area contributed by atoms with Crippen molar-refractivity contribution in [3.05, 3.63) is 23.8 Å². The first-order valence-corrected chi connectivity index (χ1v) is 7.18. The molecule has 0 N–H and O–H groups in total. The van der Waals surface area contributed by atoms with Crippen LogP contribution in [-0.2, 0) is 0 Å². The lowest BCUT2D eigenvalue weighted by molar-refractivity contribution is 0.361. The van der Waals surface area contributed by atoms with Crippen molar-refractivity contribution < 1.29 is 4.74 Å². The number of rotatable bonds is 2. The van der Waals surface area contributed by atoms with E-state index in [9.17, 15) is 5.26 Å². The van der Waals surface area contributed by atoms with E-state index >= 15 is 0 Å². The Morgan fingerprint density at radius 1 is 1.26 bits per heavy atom. The van der Waals surface area contributed by atoms with E-state index in [1.165, 1.54) is 32.1 Å². The Balaban J connectivity index is 1.98. The lowest BCUT2D eigenvalue weighted by Crippen LogP contribution is -2.43. The number of hydrogen-bond donors (Lipinski definition) is 0. The van der Waals surface area contributed by atoms with E-state index in [0.717, 1.165) is 29.5 Å². The fraction of sp³-hybridized carbons (Fsp3) is 0.562. The number of ether oxygens (including phenoxy) is 1. The van der Waals surface area contributed by atoms with Crippen molar-refractivity contribution in [3.8, 4) is 11.8 Å². The molecule has 0 radical (unpaired) electrons. The maximum absolute atomic E-state index is 9.34. The van der Waals surface area contributed by atoms with Crippen LogP contribution in [0.25, 0.3) is 0 Å². The van der Waals surface area contributed by atoms with E-state index in [2.05, 4.69) is 11.0 Å². The highest BCUT2D eigenvalue weighted by Crippen LogP contribution is 2.40. The molecule has 0 amide bonds. The van der Waals surface area contributed by atoms with Gasteiger partial charge in [-0.05, 0) is 43.7 Å². The number of piperidine rings is 1. The topological polar surface area (TPSA) is 36.3 Å².